The van der Waals surface area contributed by atoms with Crippen molar-refractivity contribution in [3.05, 3.63) is 39.6 Å². The second-order valence-corrected chi connectivity index (χ2v) is 5.32. The van der Waals surface area contributed by atoms with Gasteiger partial charge in [0.25, 0.3) is 0 Å². The Morgan fingerprint density at radius 1 is 1.25 bits per heavy atom. The van der Waals surface area contributed by atoms with Crippen molar-refractivity contribution >= 4 is 39.1 Å². The summed E-state index contributed by atoms with van der Waals surface area (Å²) in [5, 5.41) is 4.70. The van der Waals surface area contributed by atoms with E-state index < -0.39 is 0 Å². The van der Waals surface area contributed by atoms with Gasteiger partial charge in [0.05, 0.1) is 0 Å². The van der Waals surface area contributed by atoms with E-state index in [2.05, 4.69) is 63.4 Å². The number of H-pyrrole nitrogens is 1. The third-order valence-electron chi connectivity index (χ3n) is 3.05. The first-order valence-electron chi connectivity index (χ1n) is 5.51. The third kappa shape index (κ3) is 1.78. The maximum atomic E-state index is 3.35. The highest BCUT2D eigenvalue weighted by Gasteiger charge is 2.10. The van der Waals surface area contributed by atoms with Crippen LogP contribution < -0.4 is 5.32 Å². The van der Waals surface area contributed by atoms with Crippen molar-refractivity contribution in [1.29, 1.82) is 0 Å². The summed E-state index contributed by atoms with van der Waals surface area (Å²) >= 11 is 2.37. The van der Waals surface area contributed by atoms with Gasteiger partial charge >= 0.3 is 0 Å². The second-order valence-electron chi connectivity index (χ2n) is 4.08. The van der Waals surface area contributed by atoms with Gasteiger partial charge in [0.15, 0.2) is 0 Å². The molecule has 2 N–H and O–H groups in total. The minimum atomic E-state index is 0.992. The highest BCUT2D eigenvalue weighted by atomic mass is 127. The van der Waals surface area contributed by atoms with Crippen molar-refractivity contribution in [1.82, 2.24) is 10.3 Å². The number of nitrogens with one attached hydrogen (secondary N) is 2. The van der Waals surface area contributed by atoms with Gasteiger partial charge in [0.1, 0.15) is 0 Å². The lowest BCUT2D eigenvalue weighted by molar-refractivity contribution is 0.739. The summed E-state index contributed by atoms with van der Waals surface area (Å²) < 4.78 is 1.29. The molecule has 0 radical (unpaired) electrons. The Labute approximate surface area is 108 Å². The molecule has 0 aliphatic carbocycles. The van der Waals surface area contributed by atoms with Crippen molar-refractivity contribution in [2.24, 2.45) is 0 Å². The van der Waals surface area contributed by atoms with Crippen molar-refractivity contribution in [3.63, 3.8) is 0 Å². The van der Waals surface area contributed by atoms with E-state index in [4.69, 9.17) is 0 Å². The zero-order valence-electron chi connectivity index (χ0n) is 8.89. The SMILES string of the molecule is Ic1ccc2[nH]cc(C3=CCNCC3)c2c1. The van der Waals surface area contributed by atoms with Crippen molar-refractivity contribution < 1.29 is 0 Å². The maximum absolute atomic E-state index is 3.35. The van der Waals surface area contributed by atoms with Crippen LogP contribution in [0.5, 0.6) is 0 Å². The molecule has 3 rings (SSSR count). The van der Waals surface area contributed by atoms with Gasteiger partial charge in [-0.2, -0.15) is 0 Å². The van der Waals surface area contributed by atoms with Crippen molar-refractivity contribution in [3.8, 4) is 0 Å². The number of aromatic amines is 1. The normalized spacial score (nSPS) is 16.4. The van der Waals surface area contributed by atoms with Crippen LogP contribution in [0.15, 0.2) is 30.5 Å². The summed E-state index contributed by atoms with van der Waals surface area (Å²) in [6.45, 7) is 2.08. The maximum Gasteiger partial charge on any atom is 0.0461 e. The summed E-state index contributed by atoms with van der Waals surface area (Å²) in [6, 6.07) is 6.55. The molecule has 1 aliphatic rings. The average Bonchev–Trinajstić information content (AvgIpc) is 2.73. The molecular weight excluding hydrogens is 311 g/mol. The fraction of sp³-hybridized carbons (Fsp3) is 0.231. The summed E-state index contributed by atoms with van der Waals surface area (Å²) in [7, 11) is 0. The Morgan fingerprint density at radius 3 is 3.00 bits per heavy atom. The first kappa shape index (κ1) is 10.4. The van der Waals surface area contributed by atoms with Crippen LogP contribution >= 0.6 is 22.6 Å². The van der Waals surface area contributed by atoms with Crippen LogP contribution in [0, 0.1) is 3.57 Å². The van der Waals surface area contributed by atoms with Gasteiger partial charge in [-0.15, -0.1) is 0 Å². The number of hydrogen-bond donors (Lipinski definition) is 2. The monoisotopic (exact) mass is 324 g/mol. The fourth-order valence-electron chi connectivity index (χ4n) is 2.23. The molecule has 2 nitrogen and oxygen atoms in total. The van der Waals surface area contributed by atoms with Gasteiger partial charge in [-0.1, -0.05) is 6.08 Å². The molecule has 2 heterocycles. The lowest BCUT2D eigenvalue weighted by Gasteiger charge is -2.13. The molecule has 1 aromatic carbocycles. The van der Waals surface area contributed by atoms with Crippen LogP contribution in [-0.2, 0) is 0 Å². The highest BCUT2D eigenvalue weighted by Crippen LogP contribution is 2.28. The Bertz CT molecular complexity index is 554. The van der Waals surface area contributed by atoms with E-state index in [1.807, 2.05) is 0 Å². The number of rotatable bonds is 1. The molecule has 0 bridgehead atoms. The standard InChI is InChI=1S/C13H13IN2/c14-10-1-2-13-11(7-10)12(8-16-13)9-3-5-15-6-4-9/h1-3,7-8,15-16H,4-6H2. The number of halogens is 1. The minimum Gasteiger partial charge on any atom is -0.361 e. The second kappa shape index (κ2) is 4.22. The zero-order chi connectivity index (χ0) is 11.0. The molecule has 3 heteroatoms. The van der Waals surface area contributed by atoms with E-state index >= 15 is 0 Å². The quantitative estimate of drug-likeness (QED) is 0.775. The summed E-state index contributed by atoms with van der Waals surface area (Å²) in [6.07, 6.45) is 5.56. The van der Waals surface area contributed by atoms with Crippen LogP contribution in [0.2, 0.25) is 0 Å². The molecule has 0 spiro atoms. The van der Waals surface area contributed by atoms with E-state index in [1.54, 1.807) is 0 Å². The van der Waals surface area contributed by atoms with Crippen LogP contribution in [0.25, 0.3) is 16.5 Å². The molecule has 0 saturated heterocycles. The topological polar surface area (TPSA) is 27.8 Å². The zero-order valence-corrected chi connectivity index (χ0v) is 11.0. The first-order chi connectivity index (χ1) is 7.84. The Kier molecular flexibility index (Phi) is 2.73. The van der Waals surface area contributed by atoms with Gasteiger partial charge in [0.2, 0.25) is 0 Å². The predicted octanol–water partition coefficient (Wildman–Crippen LogP) is 3.15. The molecule has 0 atom stereocenters. The van der Waals surface area contributed by atoms with E-state index in [-0.39, 0.29) is 0 Å². The number of benzene rings is 1. The van der Waals surface area contributed by atoms with E-state index in [0.717, 1.165) is 19.5 Å². The van der Waals surface area contributed by atoms with Crippen molar-refractivity contribution in [2.75, 3.05) is 13.1 Å². The molecule has 2 aromatic rings. The van der Waals surface area contributed by atoms with Gasteiger partial charge in [0, 0.05) is 32.8 Å². The summed E-state index contributed by atoms with van der Waals surface area (Å²) in [4.78, 5) is 3.35. The fourth-order valence-corrected chi connectivity index (χ4v) is 2.72. The molecule has 0 amide bonds. The van der Waals surface area contributed by atoms with Crippen molar-refractivity contribution in [2.45, 2.75) is 6.42 Å². The molecule has 1 aromatic heterocycles. The van der Waals surface area contributed by atoms with Crippen LogP contribution in [0.1, 0.15) is 12.0 Å². The first-order valence-corrected chi connectivity index (χ1v) is 6.59. The molecular formula is C13H13IN2. The Morgan fingerprint density at radius 2 is 2.19 bits per heavy atom. The smallest absolute Gasteiger partial charge is 0.0461 e. The molecule has 1 aliphatic heterocycles. The lowest BCUT2D eigenvalue weighted by atomic mass is 10.00. The number of hydrogen-bond acceptors (Lipinski definition) is 1. The Hall–Kier alpha value is -0.810. The number of aromatic nitrogens is 1. The van der Waals surface area contributed by atoms with Gasteiger partial charge in [-0.3, -0.25) is 0 Å². The minimum absolute atomic E-state index is 0.992. The lowest BCUT2D eigenvalue weighted by Crippen LogP contribution is -2.19. The molecule has 0 saturated carbocycles. The molecule has 16 heavy (non-hydrogen) atoms. The van der Waals surface area contributed by atoms with Gasteiger partial charge < -0.3 is 10.3 Å². The van der Waals surface area contributed by atoms with E-state index in [0.29, 0.717) is 0 Å². The van der Waals surface area contributed by atoms with Gasteiger partial charge in [-0.05, 0) is 59.3 Å². The van der Waals surface area contributed by atoms with Crippen LogP contribution in [0.4, 0.5) is 0 Å². The third-order valence-corrected chi connectivity index (χ3v) is 3.72. The van der Waals surface area contributed by atoms with E-state index in [1.165, 1.54) is 25.6 Å². The predicted molar refractivity (Wildman–Crippen MR) is 76.5 cm³/mol. The van der Waals surface area contributed by atoms with E-state index in [9.17, 15) is 0 Å². The highest BCUT2D eigenvalue weighted by molar-refractivity contribution is 14.1. The number of fused-ring (bicyclic) bond motifs is 1. The summed E-state index contributed by atoms with van der Waals surface area (Å²) in [5.74, 6) is 0. The largest absolute Gasteiger partial charge is 0.361 e. The van der Waals surface area contributed by atoms with Gasteiger partial charge in [-0.25, -0.2) is 0 Å². The van der Waals surface area contributed by atoms with Crippen LogP contribution in [-0.4, -0.2) is 18.1 Å². The summed E-state index contributed by atoms with van der Waals surface area (Å²) in [5.41, 5.74) is 4.07. The Balaban J connectivity index is 2.16. The molecule has 82 valence electrons. The molecule has 0 unspecified atom stereocenters. The average molecular weight is 324 g/mol. The molecule has 0 fully saturated rings. The van der Waals surface area contributed by atoms with Crippen LogP contribution in [0.3, 0.4) is 0 Å².